The normalized spacial score (nSPS) is 10.5. The molecule has 0 aliphatic heterocycles. The highest BCUT2D eigenvalue weighted by atomic mass is 16.2. The molecule has 2 amide bonds. The van der Waals surface area contributed by atoms with E-state index in [2.05, 4.69) is 21.2 Å². The molecule has 0 saturated carbocycles. The van der Waals surface area contributed by atoms with Crippen molar-refractivity contribution in [3.05, 3.63) is 70.3 Å². The molecular weight excluding hydrogens is 358 g/mol. The number of nitrogens with one attached hydrogen (secondary N) is 3. The Morgan fingerprint density at radius 1 is 0.964 bits per heavy atom. The third-order valence-corrected chi connectivity index (χ3v) is 4.20. The largest absolute Gasteiger partial charge is 0.376 e. The van der Waals surface area contributed by atoms with Crippen molar-refractivity contribution in [2.24, 2.45) is 0 Å². The fourth-order valence-corrected chi connectivity index (χ4v) is 2.69. The molecule has 3 rings (SSSR count). The summed E-state index contributed by atoms with van der Waals surface area (Å²) < 4.78 is 1.27. The molecule has 1 heterocycles. The van der Waals surface area contributed by atoms with Gasteiger partial charge >= 0.3 is 0 Å². The minimum Gasteiger partial charge on any atom is -0.376 e. The molecule has 0 fully saturated rings. The third-order valence-electron chi connectivity index (χ3n) is 4.20. The van der Waals surface area contributed by atoms with Crippen LogP contribution in [-0.2, 0) is 16.1 Å². The maximum absolute atomic E-state index is 12.6. The summed E-state index contributed by atoms with van der Waals surface area (Å²) in [5.41, 5.74) is 6.84. The van der Waals surface area contributed by atoms with Gasteiger partial charge in [-0.1, -0.05) is 29.8 Å². The molecule has 0 saturated heterocycles. The number of hydrogen-bond acceptors (Lipinski definition) is 5. The van der Waals surface area contributed by atoms with Gasteiger partial charge in [0, 0.05) is 5.69 Å². The van der Waals surface area contributed by atoms with E-state index >= 15 is 0 Å². The first kappa shape index (κ1) is 19.1. The number of hydrazine groups is 1. The van der Waals surface area contributed by atoms with E-state index in [-0.39, 0.29) is 18.6 Å². The number of aryl methyl sites for hydroxylation is 2. The second kappa shape index (κ2) is 8.34. The van der Waals surface area contributed by atoms with Crippen molar-refractivity contribution in [2.75, 3.05) is 11.9 Å². The molecule has 0 unspecified atom stereocenters. The van der Waals surface area contributed by atoms with Crippen LogP contribution in [0.5, 0.6) is 0 Å². The van der Waals surface area contributed by atoms with E-state index in [1.165, 1.54) is 4.57 Å². The van der Waals surface area contributed by atoms with Crippen LogP contribution < -0.4 is 21.7 Å². The van der Waals surface area contributed by atoms with Gasteiger partial charge in [0.2, 0.25) is 0 Å². The Morgan fingerprint density at radius 2 is 1.64 bits per heavy atom. The fourth-order valence-electron chi connectivity index (χ4n) is 2.69. The molecule has 0 bridgehead atoms. The van der Waals surface area contributed by atoms with Crippen LogP contribution >= 0.6 is 0 Å². The lowest BCUT2D eigenvalue weighted by atomic mass is 10.2. The lowest BCUT2D eigenvalue weighted by Gasteiger charge is -2.12. The molecule has 0 spiro atoms. The van der Waals surface area contributed by atoms with Crippen LogP contribution in [-0.4, -0.2) is 27.9 Å². The number of nitrogens with zero attached hydrogens (tertiary/aromatic N) is 2. The molecular formula is C20H21N5O3. The van der Waals surface area contributed by atoms with E-state index in [0.717, 1.165) is 11.3 Å². The first-order valence-corrected chi connectivity index (χ1v) is 8.78. The van der Waals surface area contributed by atoms with Gasteiger partial charge in [-0.2, -0.15) is 0 Å². The highest BCUT2D eigenvalue weighted by Gasteiger charge is 2.12. The molecule has 2 aromatic carbocycles. The van der Waals surface area contributed by atoms with Gasteiger partial charge in [0.15, 0.2) is 0 Å². The van der Waals surface area contributed by atoms with Gasteiger partial charge in [-0.05, 0) is 38.1 Å². The van der Waals surface area contributed by atoms with Crippen LogP contribution in [0.3, 0.4) is 0 Å². The van der Waals surface area contributed by atoms with Crippen LogP contribution in [0.4, 0.5) is 5.69 Å². The molecule has 3 aromatic rings. The lowest BCUT2D eigenvalue weighted by molar-refractivity contribution is -0.128. The molecule has 3 N–H and O–H groups in total. The topological polar surface area (TPSA) is 105 Å². The van der Waals surface area contributed by atoms with Gasteiger partial charge in [0.1, 0.15) is 12.4 Å². The Labute approximate surface area is 161 Å². The van der Waals surface area contributed by atoms with Crippen LogP contribution in [0.25, 0.3) is 10.9 Å². The van der Waals surface area contributed by atoms with E-state index in [9.17, 15) is 14.4 Å². The van der Waals surface area contributed by atoms with Crippen LogP contribution in [0.2, 0.25) is 0 Å². The highest BCUT2D eigenvalue weighted by molar-refractivity contribution is 5.84. The minimum absolute atomic E-state index is 0.000152. The van der Waals surface area contributed by atoms with Gasteiger partial charge < -0.3 is 5.32 Å². The predicted octanol–water partition coefficient (Wildman–Crippen LogP) is 1.27. The Hall–Kier alpha value is -3.68. The van der Waals surface area contributed by atoms with Gasteiger partial charge in [-0.15, -0.1) is 0 Å². The monoisotopic (exact) mass is 379 g/mol. The van der Waals surface area contributed by atoms with E-state index in [0.29, 0.717) is 16.7 Å². The molecule has 1 aromatic heterocycles. The standard InChI is InChI=1S/C20H21N5O3/c1-13-7-9-15(10-8-13)21-11-18(26)23-24-19(27)12-25-14(2)22-17-6-4-3-5-16(17)20(25)28/h3-10,21H,11-12H2,1-2H3,(H,23,26)(H,24,27). The number of benzene rings is 2. The van der Waals surface area contributed by atoms with E-state index in [4.69, 9.17) is 0 Å². The van der Waals surface area contributed by atoms with Gasteiger partial charge in [-0.3, -0.25) is 29.8 Å². The van der Waals surface area contributed by atoms with E-state index in [1.807, 2.05) is 31.2 Å². The zero-order valence-corrected chi connectivity index (χ0v) is 15.7. The Bertz CT molecular complexity index is 1070. The average Bonchev–Trinajstić information content (AvgIpc) is 2.69. The summed E-state index contributed by atoms with van der Waals surface area (Å²) in [5, 5.41) is 3.39. The van der Waals surface area contributed by atoms with Gasteiger partial charge in [0.25, 0.3) is 17.4 Å². The summed E-state index contributed by atoms with van der Waals surface area (Å²) in [6.45, 7) is 3.39. The van der Waals surface area contributed by atoms with E-state index in [1.54, 1.807) is 31.2 Å². The van der Waals surface area contributed by atoms with Crippen molar-refractivity contribution in [3.63, 3.8) is 0 Å². The van der Waals surface area contributed by atoms with Gasteiger partial charge in [0.05, 0.1) is 17.4 Å². The fraction of sp³-hybridized carbons (Fsp3) is 0.200. The van der Waals surface area contributed by atoms with Crippen molar-refractivity contribution < 1.29 is 9.59 Å². The zero-order valence-electron chi connectivity index (χ0n) is 15.7. The SMILES string of the molecule is Cc1ccc(NCC(=O)NNC(=O)Cn2c(C)nc3ccccc3c2=O)cc1. The lowest BCUT2D eigenvalue weighted by Crippen LogP contribution is -2.46. The van der Waals surface area contributed by atoms with Crippen LogP contribution in [0, 0.1) is 13.8 Å². The van der Waals surface area contributed by atoms with Gasteiger partial charge in [-0.25, -0.2) is 4.98 Å². The second-order valence-corrected chi connectivity index (χ2v) is 6.38. The summed E-state index contributed by atoms with van der Waals surface area (Å²) in [5.74, 6) is -0.508. The number of aromatic nitrogens is 2. The summed E-state index contributed by atoms with van der Waals surface area (Å²) in [7, 11) is 0. The van der Waals surface area contributed by atoms with E-state index < -0.39 is 11.8 Å². The Balaban J connectivity index is 1.55. The zero-order chi connectivity index (χ0) is 20.1. The first-order chi connectivity index (χ1) is 13.4. The number of para-hydroxylation sites is 1. The van der Waals surface area contributed by atoms with Crippen molar-refractivity contribution in [3.8, 4) is 0 Å². The second-order valence-electron chi connectivity index (χ2n) is 6.38. The molecule has 28 heavy (non-hydrogen) atoms. The number of hydrogen-bond donors (Lipinski definition) is 3. The summed E-state index contributed by atoms with van der Waals surface area (Å²) >= 11 is 0. The summed E-state index contributed by atoms with van der Waals surface area (Å²) in [4.78, 5) is 40.9. The number of carbonyl (C=O) groups is 2. The van der Waals surface area contributed by atoms with Crippen molar-refractivity contribution in [2.45, 2.75) is 20.4 Å². The molecule has 144 valence electrons. The Kier molecular flexibility index (Phi) is 5.69. The average molecular weight is 379 g/mol. The minimum atomic E-state index is -0.522. The molecule has 0 aliphatic rings. The predicted molar refractivity (Wildman–Crippen MR) is 107 cm³/mol. The van der Waals surface area contributed by atoms with Crippen molar-refractivity contribution in [1.82, 2.24) is 20.4 Å². The Morgan fingerprint density at radius 3 is 2.39 bits per heavy atom. The first-order valence-electron chi connectivity index (χ1n) is 8.78. The number of carbonyl (C=O) groups excluding carboxylic acids is 2. The third kappa shape index (κ3) is 4.53. The number of anilines is 1. The highest BCUT2D eigenvalue weighted by Crippen LogP contribution is 2.08. The number of fused-ring (bicyclic) bond motifs is 1. The van der Waals surface area contributed by atoms with Crippen molar-refractivity contribution >= 4 is 28.4 Å². The maximum atomic E-state index is 12.6. The smallest absolute Gasteiger partial charge is 0.261 e. The maximum Gasteiger partial charge on any atom is 0.261 e. The molecule has 0 radical (unpaired) electrons. The molecule has 0 aliphatic carbocycles. The quantitative estimate of drug-likeness (QED) is 0.579. The molecule has 8 nitrogen and oxygen atoms in total. The molecule has 8 heteroatoms. The molecule has 0 atom stereocenters. The summed E-state index contributed by atoms with van der Waals surface area (Å²) in [6.07, 6.45) is 0. The van der Waals surface area contributed by atoms with Crippen LogP contribution in [0.1, 0.15) is 11.4 Å². The van der Waals surface area contributed by atoms with Crippen molar-refractivity contribution in [1.29, 1.82) is 0 Å². The van der Waals surface area contributed by atoms with Crippen LogP contribution in [0.15, 0.2) is 53.3 Å². The number of amides is 2. The summed E-state index contributed by atoms with van der Waals surface area (Å²) in [6, 6.07) is 14.5. The number of rotatable bonds is 5.